The normalized spacial score (nSPS) is 22.2. The molecule has 2 fully saturated rings. The van der Waals surface area contributed by atoms with Gasteiger partial charge in [-0.3, -0.25) is 14.6 Å². The largest absolute Gasteiger partial charge is 0.379 e. The Kier molecular flexibility index (Phi) is 5.58. The number of amides is 1. The van der Waals surface area contributed by atoms with Crippen molar-refractivity contribution < 1.29 is 9.53 Å². The molecule has 2 heterocycles. The number of carbonyl (C=O) groups excluding carboxylic acids is 1. The lowest BCUT2D eigenvalue weighted by molar-refractivity contribution is -0.130. The molecule has 0 radical (unpaired) electrons. The van der Waals surface area contributed by atoms with Gasteiger partial charge in [0.2, 0.25) is 0 Å². The highest BCUT2D eigenvalue weighted by molar-refractivity contribution is 5.79. The molecule has 2 aliphatic heterocycles. The van der Waals surface area contributed by atoms with Crippen LogP contribution in [0.2, 0.25) is 0 Å². The Morgan fingerprint density at radius 3 is 2.16 bits per heavy atom. The Hall–Kier alpha value is -1.16. The molecule has 0 aromatic rings. The van der Waals surface area contributed by atoms with Gasteiger partial charge in [0.15, 0.2) is 0 Å². The monoisotopic (exact) mass is 266 g/mol. The van der Waals surface area contributed by atoms with Crippen molar-refractivity contribution in [1.82, 2.24) is 14.7 Å². The number of morpholine rings is 1. The molecule has 0 spiro atoms. The smallest absolute Gasteiger partial charge is 0.302 e. The van der Waals surface area contributed by atoms with Gasteiger partial charge in [0.05, 0.1) is 13.2 Å². The lowest BCUT2D eigenvalue weighted by Crippen LogP contribution is -2.51. The van der Waals surface area contributed by atoms with Crippen molar-refractivity contribution in [2.75, 3.05) is 72.1 Å². The molecule has 0 unspecified atom stereocenters. The maximum Gasteiger partial charge on any atom is 0.302 e. The first-order valence-electron chi connectivity index (χ1n) is 6.93. The fourth-order valence-corrected chi connectivity index (χ4v) is 2.50. The molecule has 0 aromatic carbocycles. The van der Waals surface area contributed by atoms with Gasteiger partial charge < -0.3 is 14.5 Å². The number of hydrogen-bond donors (Lipinski definition) is 0. The average molecular weight is 266 g/mol. The van der Waals surface area contributed by atoms with E-state index in [0.717, 1.165) is 65.6 Å². The van der Waals surface area contributed by atoms with E-state index in [4.69, 9.17) is 11.3 Å². The van der Waals surface area contributed by atoms with Crippen molar-refractivity contribution in [2.45, 2.75) is 0 Å². The highest BCUT2D eigenvalue weighted by atomic mass is 16.5. The highest BCUT2D eigenvalue weighted by Crippen LogP contribution is 2.04. The summed E-state index contributed by atoms with van der Waals surface area (Å²) < 4.78 is 5.33. The van der Waals surface area contributed by atoms with Crippen LogP contribution in [0, 0.1) is 6.57 Å². The van der Waals surface area contributed by atoms with Crippen LogP contribution in [0.5, 0.6) is 0 Å². The summed E-state index contributed by atoms with van der Waals surface area (Å²) in [5, 5.41) is 0. The number of rotatable bonds is 4. The van der Waals surface area contributed by atoms with Crippen molar-refractivity contribution in [1.29, 1.82) is 0 Å². The summed E-state index contributed by atoms with van der Waals surface area (Å²) in [6, 6.07) is 0. The Morgan fingerprint density at radius 2 is 1.58 bits per heavy atom. The van der Waals surface area contributed by atoms with E-state index in [1.807, 2.05) is 4.90 Å². The standard InChI is InChI=1S/C13H22N4O2/c1-14-12-13(18)17-6-4-15(5-7-17)2-3-16-8-10-19-11-9-16/h2-12H2. The maximum atomic E-state index is 11.6. The first kappa shape index (κ1) is 14.3. The Labute approximate surface area is 114 Å². The quantitative estimate of drug-likeness (QED) is 0.636. The van der Waals surface area contributed by atoms with E-state index in [9.17, 15) is 4.79 Å². The zero-order valence-electron chi connectivity index (χ0n) is 11.4. The predicted molar refractivity (Wildman–Crippen MR) is 71.7 cm³/mol. The molecular weight excluding hydrogens is 244 g/mol. The van der Waals surface area contributed by atoms with Crippen molar-refractivity contribution in [3.05, 3.63) is 11.4 Å². The van der Waals surface area contributed by atoms with Gasteiger partial charge in [-0.15, -0.1) is 0 Å². The lowest BCUT2D eigenvalue weighted by atomic mass is 10.3. The van der Waals surface area contributed by atoms with Gasteiger partial charge >= 0.3 is 5.91 Å². The van der Waals surface area contributed by atoms with Gasteiger partial charge in [-0.1, -0.05) is 0 Å². The molecule has 1 amide bonds. The molecule has 2 rings (SSSR count). The molecule has 2 saturated heterocycles. The zero-order valence-corrected chi connectivity index (χ0v) is 11.4. The molecule has 2 aliphatic rings. The molecular formula is C13H22N4O2. The third-order valence-corrected chi connectivity index (χ3v) is 3.78. The van der Waals surface area contributed by atoms with Crippen LogP contribution in [0.1, 0.15) is 0 Å². The Morgan fingerprint density at radius 1 is 1.00 bits per heavy atom. The van der Waals surface area contributed by atoms with Gasteiger partial charge in [0.25, 0.3) is 6.54 Å². The second-order valence-corrected chi connectivity index (χ2v) is 4.99. The molecule has 0 N–H and O–H groups in total. The minimum Gasteiger partial charge on any atom is -0.379 e. The van der Waals surface area contributed by atoms with Crippen molar-refractivity contribution in [3.8, 4) is 0 Å². The molecule has 6 nitrogen and oxygen atoms in total. The number of piperazine rings is 1. The van der Waals surface area contributed by atoms with Gasteiger partial charge in [0.1, 0.15) is 0 Å². The number of hydrogen-bond acceptors (Lipinski definition) is 4. The fourth-order valence-electron chi connectivity index (χ4n) is 2.50. The van der Waals surface area contributed by atoms with Crippen LogP contribution in [0.25, 0.3) is 4.85 Å². The minimum atomic E-state index is -0.0252. The average Bonchev–Trinajstić information content (AvgIpc) is 2.47. The van der Waals surface area contributed by atoms with Gasteiger partial charge in [-0.25, -0.2) is 6.57 Å². The van der Waals surface area contributed by atoms with Crippen LogP contribution >= 0.6 is 0 Å². The van der Waals surface area contributed by atoms with E-state index in [2.05, 4.69) is 14.6 Å². The summed E-state index contributed by atoms with van der Waals surface area (Å²) >= 11 is 0. The maximum absolute atomic E-state index is 11.6. The third kappa shape index (κ3) is 4.46. The first-order valence-corrected chi connectivity index (χ1v) is 6.93. The fraction of sp³-hybridized carbons (Fsp3) is 0.846. The summed E-state index contributed by atoms with van der Waals surface area (Å²) in [6.07, 6.45) is 0. The molecule has 0 aliphatic carbocycles. The van der Waals surface area contributed by atoms with Crippen LogP contribution in [0.15, 0.2) is 0 Å². The van der Waals surface area contributed by atoms with E-state index >= 15 is 0 Å². The van der Waals surface area contributed by atoms with E-state index in [1.165, 1.54) is 0 Å². The summed E-state index contributed by atoms with van der Waals surface area (Å²) in [7, 11) is 0. The molecule has 0 bridgehead atoms. The van der Waals surface area contributed by atoms with Crippen molar-refractivity contribution in [3.63, 3.8) is 0 Å². The SMILES string of the molecule is [C-]#[N+]CC(=O)N1CCN(CCN2CCOCC2)CC1. The molecule has 0 aromatic heterocycles. The van der Waals surface area contributed by atoms with Gasteiger partial charge in [-0.2, -0.15) is 0 Å². The van der Waals surface area contributed by atoms with E-state index < -0.39 is 0 Å². The molecule has 6 heteroatoms. The molecule has 19 heavy (non-hydrogen) atoms. The lowest BCUT2D eigenvalue weighted by Gasteiger charge is -2.35. The minimum absolute atomic E-state index is 0.00617. The highest BCUT2D eigenvalue weighted by Gasteiger charge is 2.22. The van der Waals surface area contributed by atoms with Crippen LogP contribution in [0.4, 0.5) is 0 Å². The topological polar surface area (TPSA) is 40.4 Å². The van der Waals surface area contributed by atoms with E-state index in [-0.39, 0.29) is 12.5 Å². The number of ether oxygens (including phenoxy) is 1. The zero-order chi connectivity index (χ0) is 13.5. The van der Waals surface area contributed by atoms with Gasteiger partial charge in [0, 0.05) is 52.4 Å². The second-order valence-electron chi connectivity index (χ2n) is 4.99. The van der Waals surface area contributed by atoms with E-state index in [1.54, 1.807) is 0 Å². The van der Waals surface area contributed by atoms with E-state index in [0.29, 0.717) is 0 Å². The van der Waals surface area contributed by atoms with Crippen LogP contribution in [-0.4, -0.2) is 92.7 Å². The third-order valence-electron chi connectivity index (χ3n) is 3.78. The number of nitrogens with zero attached hydrogens (tertiary/aromatic N) is 4. The van der Waals surface area contributed by atoms with Crippen LogP contribution in [-0.2, 0) is 9.53 Å². The summed E-state index contributed by atoms with van der Waals surface area (Å²) in [5.74, 6) is -0.0252. The molecule has 0 atom stereocenters. The Bertz CT molecular complexity index is 328. The summed E-state index contributed by atoms with van der Waals surface area (Å²) in [6.45, 7) is 16.0. The second kappa shape index (κ2) is 7.43. The summed E-state index contributed by atoms with van der Waals surface area (Å²) in [4.78, 5) is 21.4. The molecule has 0 saturated carbocycles. The van der Waals surface area contributed by atoms with Crippen molar-refractivity contribution >= 4 is 5.91 Å². The predicted octanol–water partition coefficient (Wildman–Crippen LogP) is -0.618. The van der Waals surface area contributed by atoms with Crippen LogP contribution in [0.3, 0.4) is 0 Å². The first-order chi connectivity index (χ1) is 9.29. The number of carbonyl (C=O) groups is 1. The summed E-state index contributed by atoms with van der Waals surface area (Å²) in [5.41, 5.74) is 0. The Balaban J connectivity index is 1.63. The van der Waals surface area contributed by atoms with Crippen LogP contribution < -0.4 is 0 Å². The molecule has 106 valence electrons. The van der Waals surface area contributed by atoms with Crippen molar-refractivity contribution in [2.24, 2.45) is 0 Å². The van der Waals surface area contributed by atoms with Gasteiger partial charge in [-0.05, 0) is 0 Å².